The van der Waals surface area contributed by atoms with E-state index in [1.807, 2.05) is 6.07 Å². The molecule has 0 aliphatic carbocycles. The fourth-order valence-electron chi connectivity index (χ4n) is 1.73. The Morgan fingerprint density at radius 3 is 2.72 bits per heavy atom. The number of carbonyl (C=O) groups is 1. The molecule has 0 heterocycles. The molecule has 18 heavy (non-hydrogen) atoms. The number of rotatable bonds is 7. The van der Waals surface area contributed by atoms with Crippen LogP contribution in [0.5, 0.6) is 0 Å². The van der Waals surface area contributed by atoms with E-state index in [1.54, 1.807) is 19.2 Å². The zero-order chi connectivity index (χ0) is 13.4. The molecule has 1 rings (SSSR count). The number of benzene rings is 1. The van der Waals surface area contributed by atoms with Crippen molar-refractivity contribution in [1.82, 2.24) is 5.32 Å². The van der Waals surface area contributed by atoms with Gasteiger partial charge in [0.1, 0.15) is 0 Å². The summed E-state index contributed by atoms with van der Waals surface area (Å²) in [5.74, 6) is -0.158. The lowest BCUT2D eigenvalue weighted by molar-refractivity contribution is 0.0963. The molecule has 0 radical (unpaired) electrons. The van der Waals surface area contributed by atoms with E-state index in [1.165, 1.54) is 19.3 Å². The highest BCUT2D eigenvalue weighted by Crippen LogP contribution is 2.20. The molecule has 0 atom stereocenters. The van der Waals surface area contributed by atoms with Crippen LogP contribution < -0.4 is 10.6 Å². The van der Waals surface area contributed by atoms with Gasteiger partial charge in [-0.15, -0.1) is 0 Å². The first-order chi connectivity index (χ1) is 8.69. The Kier molecular flexibility index (Phi) is 6.58. The minimum Gasteiger partial charge on any atom is -0.385 e. The molecule has 4 heteroatoms. The standard InChI is InChI=1S/C14H21ClN2O/c1-3-4-5-6-9-17-11-7-8-13(15)12(10-11)14(18)16-2/h7-8,10,17H,3-6,9H2,1-2H3,(H,16,18). The molecule has 2 N–H and O–H groups in total. The lowest BCUT2D eigenvalue weighted by atomic mass is 10.1. The molecule has 3 nitrogen and oxygen atoms in total. The summed E-state index contributed by atoms with van der Waals surface area (Å²) in [6, 6.07) is 5.44. The average Bonchev–Trinajstić information content (AvgIpc) is 2.39. The highest BCUT2D eigenvalue weighted by molar-refractivity contribution is 6.34. The van der Waals surface area contributed by atoms with E-state index in [2.05, 4.69) is 17.6 Å². The van der Waals surface area contributed by atoms with Crippen molar-refractivity contribution >= 4 is 23.2 Å². The summed E-state index contributed by atoms with van der Waals surface area (Å²) in [4.78, 5) is 11.6. The normalized spacial score (nSPS) is 10.2. The molecule has 100 valence electrons. The number of hydrogen-bond donors (Lipinski definition) is 2. The Labute approximate surface area is 114 Å². The van der Waals surface area contributed by atoms with E-state index in [4.69, 9.17) is 11.6 Å². The van der Waals surface area contributed by atoms with Gasteiger partial charge in [0, 0.05) is 19.3 Å². The van der Waals surface area contributed by atoms with Gasteiger partial charge in [0.05, 0.1) is 10.6 Å². The Balaban J connectivity index is 2.54. The monoisotopic (exact) mass is 268 g/mol. The summed E-state index contributed by atoms with van der Waals surface area (Å²) in [6.45, 7) is 3.12. The van der Waals surface area contributed by atoms with Gasteiger partial charge in [0.2, 0.25) is 0 Å². The molecule has 0 fully saturated rings. The van der Waals surface area contributed by atoms with Crippen LogP contribution in [0.4, 0.5) is 5.69 Å². The van der Waals surface area contributed by atoms with Crippen LogP contribution in [-0.4, -0.2) is 19.5 Å². The van der Waals surface area contributed by atoms with Crippen molar-refractivity contribution in [3.05, 3.63) is 28.8 Å². The van der Waals surface area contributed by atoms with Crippen LogP contribution in [0.15, 0.2) is 18.2 Å². The van der Waals surface area contributed by atoms with Gasteiger partial charge in [-0.2, -0.15) is 0 Å². The molecule has 0 aliphatic rings. The second-order valence-electron chi connectivity index (χ2n) is 4.26. The van der Waals surface area contributed by atoms with Gasteiger partial charge >= 0.3 is 0 Å². The van der Waals surface area contributed by atoms with Gasteiger partial charge < -0.3 is 10.6 Å². The third kappa shape index (κ3) is 4.57. The zero-order valence-corrected chi connectivity index (χ0v) is 11.8. The van der Waals surface area contributed by atoms with Crippen molar-refractivity contribution < 1.29 is 4.79 Å². The minimum atomic E-state index is -0.158. The minimum absolute atomic E-state index is 0.158. The molecule has 0 saturated carbocycles. The summed E-state index contributed by atoms with van der Waals surface area (Å²) in [5.41, 5.74) is 1.45. The van der Waals surface area contributed by atoms with Crippen molar-refractivity contribution in [2.24, 2.45) is 0 Å². The predicted molar refractivity (Wildman–Crippen MR) is 77.5 cm³/mol. The molecule has 0 bridgehead atoms. The number of unbranched alkanes of at least 4 members (excludes halogenated alkanes) is 3. The van der Waals surface area contributed by atoms with Crippen LogP contribution in [0.25, 0.3) is 0 Å². The van der Waals surface area contributed by atoms with Crippen molar-refractivity contribution in [3.63, 3.8) is 0 Å². The Morgan fingerprint density at radius 2 is 2.06 bits per heavy atom. The summed E-state index contributed by atoms with van der Waals surface area (Å²) in [7, 11) is 1.60. The first-order valence-corrected chi connectivity index (χ1v) is 6.82. The summed E-state index contributed by atoms with van der Waals surface area (Å²) in [5, 5.41) is 6.37. The van der Waals surface area contributed by atoms with Crippen molar-refractivity contribution in [1.29, 1.82) is 0 Å². The van der Waals surface area contributed by atoms with Crippen molar-refractivity contribution in [2.45, 2.75) is 32.6 Å². The van der Waals surface area contributed by atoms with E-state index in [0.29, 0.717) is 10.6 Å². The topological polar surface area (TPSA) is 41.1 Å². The van der Waals surface area contributed by atoms with Crippen LogP contribution in [0.1, 0.15) is 43.0 Å². The predicted octanol–water partition coefficient (Wildman–Crippen LogP) is 3.69. The van der Waals surface area contributed by atoms with Gasteiger partial charge in [-0.05, 0) is 24.6 Å². The third-order valence-electron chi connectivity index (χ3n) is 2.80. The largest absolute Gasteiger partial charge is 0.385 e. The molecule has 1 amide bonds. The quantitative estimate of drug-likeness (QED) is 0.741. The first-order valence-electron chi connectivity index (χ1n) is 6.44. The van der Waals surface area contributed by atoms with E-state index >= 15 is 0 Å². The second-order valence-corrected chi connectivity index (χ2v) is 4.67. The first kappa shape index (κ1) is 14.8. The van der Waals surface area contributed by atoms with Gasteiger partial charge in [0.25, 0.3) is 5.91 Å². The van der Waals surface area contributed by atoms with Crippen LogP contribution >= 0.6 is 11.6 Å². The van der Waals surface area contributed by atoms with Crippen LogP contribution in [0.2, 0.25) is 5.02 Å². The maximum absolute atomic E-state index is 11.6. The van der Waals surface area contributed by atoms with Crippen LogP contribution in [-0.2, 0) is 0 Å². The van der Waals surface area contributed by atoms with Gasteiger partial charge in [-0.25, -0.2) is 0 Å². The van der Waals surface area contributed by atoms with Gasteiger partial charge in [-0.3, -0.25) is 4.79 Å². The molecular weight excluding hydrogens is 248 g/mol. The lowest BCUT2D eigenvalue weighted by Crippen LogP contribution is -2.18. The van der Waals surface area contributed by atoms with E-state index < -0.39 is 0 Å². The van der Waals surface area contributed by atoms with E-state index in [-0.39, 0.29) is 5.91 Å². The summed E-state index contributed by atoms with van der Waals surface area (Å²) >= 11 is 5.98. The molecule has 0 aromatic heterocycles. The number of halogens is 1. The highest BCUT2D eigenvalue weighted by atomic mass is 35.5. The molecule has 1 aromatic rings. The molecule has 0 aliphatic heterocycles. The molecule has 0 spiro atoms. The smallest absolute Gasteiger partial charge is 0.252 e. The zero-order valence-electron chi connectivity index (χ0n) is 11.1. The molecule has 1 aromatic carbocycles. The maximum Gasteiger partial charge on any atom is 0.252 e. The van der Waals surface area contributed by atoms with Crippen LogP contribution in [0, 0.1) is 0 Å². The summed E-state index contributed by atoms with van der Waals surface area (Å²) < 4.78 is 0. The van der Waals surface area contributed by atoms with Crippen LogP contribution in [0.3, 0.4) is 0 Å². The fourth-order valence-corrected chi connectivity index (χ4v) is 1.93. The average molecular weight is 269 g/mol. The number of amides is 1. The summed E-state index contributed by atoms with van der Waals surface area (Å²) in [6.07, 6.45) is 4.89. The highest BCUT2D eigenvalue weighted by Gasteiger charge is 2.08. The van der Waals surface area contributed by atoms with Crippen molar-refractivity contribution in [2.75, 3.05) is 18.9 Å². The Morgan fingerprint density at radius 1 is 1.28 bits per heavy atom. The number of anilines is 1. The number of nitrogens with one attached hydrogen (secondary N) is 2. The van der Waals surface area contributed by atoms with Gasteiger partial charge in [0.15, 0.2) is 0 Å². The SMILES string of the molecule is CCCCCCNc1ccc(Cl)c(C(=O)NC)c1. The Bertz CT molecular complexity index is 393. The second kappa shape index (κ2) is 7.98. The molecule has 0 saturated heterocycles. The number of carbonyl (C=O) groups excluding carboxylic acids is 1. The maximum atomic E-state index is 11.6. The third-order valence-corrected chi connectivity index (χ3v) is 3.13. The molecule has 0 unspecified atom stereocenters. The lowest BCUT2D eigenvalue weighted by Gasteiger charge is -2.09. The molecular formula is C14H21ClN2O. The number of hydrogen-bond acceptors (Lipinski definition) is 2. The van der Waals surface area contributed by atoms with Crippen molar-refractivity contribution in [3.8, 4) is 0 Å². The Hall–Kier alpha value is -1.22. The van der Waals surface area contributed by atoms with E-state index in [0.717, 1.165) is 18.7 Å². The fraction of sp³-hybridized carbons (Fsp3) is 0.500. The van der Waals surface area contributed by atoms with Gasteiger partial charge in [-0.1, -0.05) is 37.8 Å². The van der Waals surface area contributed by atoms with E-state index in [9.17, 15) is 4.79 Å².